The number of nitrogens with zero attached hydrogens (tertiary/aromatic N) is 2. The second-order valence-corrected chi connectivity index (χ2v) is 5.40. The molecule has 24 heavy (non-hydrogen) atoms. The molecule has 1 amide bonds. The topological polar surface area (TPSA) is 78.4 Å². The summed E-state index contributed by atoms with van der Waals surface area (Å²) in [5.41, 5.74) is 1.70. The summed E-state index contributed by atoms with van der Waals surface area (Å²) in [6.45, 7) is 3.28. The zero-order chi connectivity index (χ0) is 17.2. The monoisotopic (exact) mass is 345 g/mol. The maximum absolute atomic E-state index is 11.9. The van der Waals surface area contributed by atoms with Gasteiger partial charge < -0.3 is 16.0 Å². The van der Waals surface area contributed by atoms with Crippen LogP contribution in [0.15, 0.2) is 53.8 Å². The number of guanidine groups is 1. The second-order valence-electron chi connectivity index (χ2n) is 4.97. The average Bonchev–Trinajstić information content (AvgIpc) is 2.59. The minimum Gasteiger partial charge on any atom is -0.357 e. The summed E-state index contributed by atoms with van der Waals surface area (Å²) in [5.74, 6) is 0.411. The van der Waals surface area contributed by atoms with Crippen molar-refractivity contribution in [3.63, 3.8) is 0 Å². The number of aliphatic imine (C=N–C) groups is 1. The Morgan fingerprint density at radius 2 is 2.00 bits per heavy atom. The molecule has 2 aromatic rings. The number of carbonyl (C=O) groups is 1. The Kier molecular flexibility index (Phi) is 7.04. The van der Waals surface area contributed by atoms with Crippen molar-refractivity contribution in [3.05, 3.63) is 59.4 Å². The van der Waals surface area contributed by atoms with E-state index < -0.39 is 0 Å². The Bertz CT molecular complexity index is 673. The smallest absolute Gasteiger partial charge is 0.243 e. The Morgan fingerprint density at radius 3 is 2.67 bits per heavy atom. The van der Waals surface area contributed by atoms with Crippen LogP contribution in [0.25, 0.3) is 0 Å². The van der Waals surface area contributed by atoms with Gasteiger partial charge in [-0.1, -0.05) is 23.7 Å². The summed E-state index contributed by atoms with van der Waals surface area (Å²) >= 11 is 5.87. The largest absolute Gasteiger partial charge is 0.357 e. The van der Waals surface area contributed by atoms with E-state index in [-0.39, 0.29) is 12.5 Å². The molecule has 0 atom stereocenters. The first-order valence-electron chi connectivity index (χ1n) is 7.64. The number of hydrogen-bond donors (Lipinski definition) is 3. The minimum atomic E-state index is -0.167. The van der Waals surface area contributed by atoms with Crippen molar-refractivity contribution >= 4 is 29.2 Å². The van der Waals surface area contributed by atoms with Crippen LogP contribution < -0.4 is 16.0 Å². The van der Waals surface area contributed by atoms with Crippen LogP contribution in [0.5, 0.6) is 0 Å². The van der Waals surface area contributed by atoms with E-state index >= 15 is 0 Å². The van der Waals surface area contributed by atoms with Crippen LogP contribution in [-0.2, 0) is 11.3 Å². The molecular formula is C17H20ClN5O. The molecule has 1 aromatic heterocycles. The number of benzene rings is 1. The van der Waals surface area contributed by atoms with Gasteiger partial charge in [-0.05, 0) is 36.8 Å². The van der Waals surface area contributed by atoms with Crippen LogP contribution in [0.4, 0.5) is 5.69 Å². The first-order valence-corrected chi connectivity index (χ1v) is 8.01. The third-order valence-electron chi connectivity index (χ3n) is 3.04. The normalized spacial score (nSPS) is 11.0. The van der Waals surface area contributed by atoms with Crippen LogP contribution >= 0.6 is 11.6 Å². The number of anilines is 1. The van der Waals surface area contributed by atoms with Crippen LogP contribution in [-0.4, -0.2) is 29.9 Å². The highest BCUT2D eigenvalue weighted by Crippen LogP contribution is 2.10. The number of halogens is 1. The fraction of sp³-hybridized carbons (Fsp3) is 0.235. The maximum Gasteiger partial charge on any atom is 0.243 e. The van der Waals surface area contributed by atoms with E-state index in [2.05, 4.69) is 25.9 Å². The van der Waals surface area contributed by atoms with Crippen molar-refractivity contribution < 1.29 is 4.79 Å². The zero-order valence-corrected chi connectivity index (χ0v) is 14.2. The molecule has 0 saturated heterocycles. The molecule has 0 aliphatic heterocycles. The van der Waals surface area contributed by atoms with Gasteiger partial charge in [0.2, 0.25) is 5.91 Å². The molecule has 2 rings (SSSR count). The fourth-order valence-electron chi connectivity index (χ4n) is 1.91. The molecule has 0 aliphatic carbocycles. The van der Waals surface area contributed by atoms with Gasteiger partial charge >= 0.3 is 0 Å². The Labute approximate surface area is 146 Å². The predicted molar refractivity (Wildman–Crippen MR) is 97.1 cm³/mol. The summed E-state index contributed by atoms with van der Waals surface area (Å²) in [4.78, 5) is 20.3. The first-order chi connectivity index (χ1) is 11.7. The second kappa shape index (κ2) is 9.52. The van der Waals surface area contributed by atoms with Crippen molar-refractivity contribution in [1.29, 1.82) is 0 Å². The van der Waals surface area contributed by atoms with Crippen molar-refractivity contribution in [1.82, 2.24) is 15.6 Å². The molecule has 0 unspecified atom stereocenters. The van der Waals surface area contributed by atoms with Crippen LogP contribution in [0.2, 0.25) is 5.02 Å². The minimum absolute atomic E-state index is 0.112. The van der Waals surface area contributed by atoms with Crippen molar-refractivity contribution in [2.45, 2.75) is 13.5 Å². The molecule has 126 valence electrons. The maximum atomic E-state index is 11.9. The zero-order valence-electron chi connectivity index (χ0n) is 13.4. The van der Waals surface area contributed by atoms with Gasteiger partial charge in [-0.2, -0.15) is 0 Å². The summed E-state index contributed by atoms with van der Waals surface area (Å²) < 4.78 is 0. The summed E-state index contributed by atoms with van der Waals surface area (Å²) in [7, 11) is 0. The fourth-order valence-corrected chi connectivity index (χ4v) is 2.03. The number of pyridine rings is 1. The molecule has 0 fully saturated rings. The molecule has 0 aliphatic rings. The third-order valence-corrected chi connectivity index (χ3v) is 3.29. The number of carbonyl (C=O) groups excluding carboxylic acids is 1. The lowest BCUT2D eigenvalue weighted by Crippen LogP contribution is -2.41. The molecular weight excluding hydrogens is 326 g/mol. The number of amides is 1. The summed E-state index contributed by atoms with van der Waals surface area (Å²) in [6.07, 6.45) is 3.25. The SMILES string of the molecule is CCNC(=NCc1ccc(Cl)cc1)NCC(=O)Nc1cccnc1. The van der Waals surface area contributed by atoms with E-state index in [1.54, 1.807) is 24.5 Å². The van der Waals surface area contributed by atoms with E-state index in [9.17, 15) is 4.79 Å². The van der Waals surface area contributed by atoms with E-state index in [1.807, 2.05) is 31.2 Å². The van der Waals surface area contributed by atoms with Crippen molar-refractivity contribution in [2.24, 2.45) is 4.99 Å². The number of nitrogens with one attached hydrogen (secondary N) is 3. The van der Waals surface area contributed by atoms with Gasteiger partial charge in [-0.15, -0.1) is 0 Å². The van der Waals surface area contributed by atoms with E-state index in [4.69, 9.17) is 11.6 Å². The standard InChI is InChI=1S/C17H20ClN5O/c1-2-20-17(21-10-13-5-7-14(18)8-6-13)22-12-16(24)23-15-4-3-9-19-11-15/h3-9,11H,2,10,12H2,1H3,(H,23,24)(H2,20,21,22). The average molecular weight is 346 g/mol. The highest BCUT2D eigenvalue weighted by Gasteiger charge is 2.04. The quantitative estimate of drug-likeness (QED) is 0.555. The van der Waals surface area contributed by atoms with Gasteiger partial charge in [-0.3, -0.25) is 9.78 Å². The highest BCUT2D eigenvalue weighted by atomic mass is 35.5. The highest BCUT2D eigenvalue weighted by molar-refractivity contribution is 6.30. The van der Waals surface area contributed by atoms with Gasteiger partial charge in [0.15, 0.2) is 5.96 Å². The molecule has 0 saturated carbocycles. The summed E-state index contributed by atoms with van der Waals surface area (Å²) in [6, 6.07) is 11.0. The summed E-state index contributed by atoms with van der Waals surface area (Å²) in [5, 5.41) is 9.56. The molecule has 6 nitrogen and oxygen atoms in total. The Hall–Kier alpha value is -2.60. The molecule has 0 bridgehead atoms. The molecule has 7 heteroatoms. The lowest BCUT2D eigenvalue weighted by atomic mass is 10.2. The first kappa shape index (κ1) is 17.7. The molecule has 0 radical (unpaired) electrons. The van der Waals surface area contributed by atoms with Crippen LogP contribution in [0, 0.1) is 0 Å². The number of hydrogen-bond acceptors (Lipinski definition) is 3. The Balaban J connectivity index is 1.86. The van der Waals surface area contributed by atoms with Gasteiger partial charge in [-0.25, -0.2) is 4.99 Å². The van der Waals surface area contributed by atoms with E-state index in [0.717, 1.165) is 5.56 Å². The number of rotatable bonds is 6. The molecule has 1 aromatic carbocycles. The number of aromatic nitrogens is 1. The lowest BCUT2D eigenvalue weighted by Gasteiger charge is -2.11. The van der Waals surface area contributed by atoms with Crippen molar-refractivity contribution in [3.8, 4) is 0 Å². The van der Waals surface area contributed by atoms with Gasteiger partial charge in [0.1, 0.15) is 0 Å². The van der Waals surface area contributed by atoms with E-state index in [0.29, 0.717) is 29.8 Å². The third kappa shape index (κ3) is 6.26. The van der Waals surface area contributed by atoms with Crippen molar-refractivity contribution in [2.75, 3.05) is 18.4 Å². The van der Waals surface area contributed by atoms with Crippen LogP contribution in [0.3, 0.4) is 0 Å². The van der Waals surface area contributed by atoms with Gasteiger partial charge in [0.25, 0.3) is 0 Å². The van der Waals surface area contributed by atoms with Gasteiger partial charge in [0.05, 0.1) is 25.0 Å². The predicted octanol–water partition coefficient (Wildman–Crippen LogP) is 2.43. The molecule has 0 spiro atoms. The van der Waals surface area contributed by atoms with E-state index in [1.165, 1.54) is 0 Å². The van der Waals surface area contributed by atoms with Gasteiger partial charge in [0, 0.05) is 17.8 Å². The Morgan fingerprint density at radius 1 is 1.21 bits per heavy atom. The van der Waals surface area contributed by atoms with Crippen LogP contribution in [0.1, 0.15) is 12.5 Å². The molecule has 1 heterocycles. The molecule has 3 N–H and O–H groups in total. The lowest BCUT2D eigenvalue weighted by molar-refractivity contribution is -0.115.